The molecule has 1 saturated heterocycles. The number of carbonyl (C=O) groups is 1. The number of sulfonamides is 1. The number of carbonyl (C=O) groups excluding carboxylic acids is 1. The molecule has 2 aromatic heterocycles. The van der Waals surface area contributed by atoms with Gasteiger partial charge in [-0.15, -0.1) is 0 Å². The highest BCUT2D eigenvalue weighted by Crippen LogP contribution is 2.23. The van der Waals surface area contributed by atoms with E-state index in [9.17, 15) is 13.2 Å². The number of pyridine rings is 1. The van der Waals surface area contributed by atoms with Gasteiger partial charge in [-0.1, -0.05) is 11.2 Å². The van der Waals surface area contributed by atoms with E-state index in [1.165, 1.54) is 4.31 Å². The fraction of sp³-hybridized carbons (Fsp3) is 0.286. The molecule has 156 valence electrons. The summed E-state index contributed by atoms with van der Waals surface area (Å²) in [5, 5.41) is 3.88. The first kappa shape index (κ1) is 20.2. The lowest BCUT2D eigenvalue weighted by atomic mass is 10.1. The van der Waals surface area contributed by atoms with Crippen LogP contribution in [0.5, 0.6) is 0 Å². The molecule has 3 aromatic rings. The second-order valence-corrected chi connectivity index (χ2v) is 9.19. The molecule has 1 fully saturated rings. The van der Waals surface area contributed by atoms with Gasteiger partial charge in [-0.2, -0.15) is 4.31 Å². The standard InChI is InChI=1S/C21H22N4O4S/c1-15-3-4-18(13-16(15)2)30(27,28)25-11-9-24(10-12-25)21(26)19-14-20(29-23-19)17-5-7-22-8-6-17/h3-8,13-14H,9-12H2,1-2H3. The van der Waals surface area contributed by atoms with Crippen LogP contribution < -0.4 is 0 Å². The van der Waals surface area contributed by atoms with Crippen molar-refractivity contribution < 1.29 is 17.7 Å². The predicted molar refractivity (Wildman–Crippen MR) is 110 cm³/mol. The zero-order valence-corrected chi connectivity index (χ0v) is 17.6. The summed E-state index contributed by atoms with van der Waals surface area (Å²) in [4.78, 5) is 18.6. The first-order valence-electron chi connectivity index (χ1n) is 9.60. The van der Waals surface area contributed by atoms with E-state index in [0.717, 1.165) is 16.7 Å². The molecule has 1 aromatic carbocycles. The molecule has 0 radical (unpaired) electrons. The highest BCUT2D eigenvalue weighted by molar-refractivity contribution is 7.89. The summed E-state index contributed by atoms with van der Waals surface area (Å²) < 4.78 is 32.6. The number of aryl methyl sites for hydroxylation is 2. The number of hydrogen-bond donors (Lipinski definition) is 0. The maximum Gasteiger partial charge on any atom is 0.276 e. The van der Waals surface area contributed by atoms with Gasteiger partial charge in [0.2, 0.25) is 10.0 Å². The zero-order chi connectivity index (χ0) is 21.3. The lowest BCUT2D eigenvalue weighted by molar-refractivity contribution is 0.0687. The van der Waals surface area contributed by atoms with E-state index in [-0.39, 0.29) is 29.6 Å². The second kappa shape index (κ2) is 8.00. The third-order valence-corrected chi connectivity index (χ3v) is 7.23. The molecule has 0 atom stereocenters. The first-order valence-corrected chi connectivity index (χ1v) is 11.0. The SMILES string of the molecule is Cc1ccc(S(=O)(=O)N2CCN(C(=O)c3cc(-c4ccncc4)on3)CC2)cc1C. The Morgan fingerprint density at radius 2 is 1.67 bits per heavy atom. The Morgan fingerprint density at radius 1 is 0.967 bits per heavy atom. The molecule has 1 aliphatic rings. The summed E-state index contributed by atoms with van der Waals surface area (Å²) in [6.45, 7) is 4.88. The molecule has 3 heterocycles. The maximum atomic E-state index is 12.9. The number of piperazine rings is 1. The topological polar surface area (TPSA) is 96.6 Å². The third-order valence-electron chi connectivity index (χ3n) is 5.34. The van der Waals surface area contributed by atoms with Crippen molar-refractivity contribution in [2.24, 2.45) is 0 Å². The number of benzene rings is 1. The van der Waals surface area contributed by atoms with Gasteiger partial charge in [0, 0.05) is 50.2 Å². The summed E-state index contributed by atoms with van der Waals surface area (Å²) in [5.74, 6) is 0.207. The Labute approximate surface area is 175 Å². The molecule has 8 nitrogen and oxygen atoms in total. The van der Waals surface area contributed by atoms with Gasteiger partial charge in [0.25, 0.3) is 5.91 Å². The number of nitrogens with zero attached hydrogens (tertiary/aromatic N) is 4. The summed E-state index contributed by atoms with van der Waals surface area (Å²) in [7, 11) is -3.59. The van der Waals surface area contributed by atoms with Crippen molar-refractivity contribution in [3.8, 4) is 11.3 Å². The molecule has 0 unspecified atom stereocenters. The summed E-state index contributed by atoms with van der Waals surface area (Å²) in [5.41, 5.74) is 2.96. The van der Waals surface area contributed by atoms with E-state index in [1.54, 1.807) is 47.6 Å². The second-order valence-electron chi connectivity index (χ2n) is 7.25. The molecular weight excluding hydrogens is 404 g/mol. The minimum atomic E-state index is -3.59. The largest absolute Gasteiger partial charge is 0.355 e. The van der Waals surface area contributed by atoms with Gasteiger partial charge in [0.1, 0.15) is 0 Å². The van der Waals surface area contributed by atoms with Crippen molar-refractivity contribution in [1.82, 2.24) is 19.3 Å². The van der Waals surface area contributed by atoms with Crippen molar-refractivity contribution in [2.75, 3.05) is 26.2 Å². The van der Waals surface area contributed by atoms with Crippen molar-refractivity contribution in [3.63, 3.8) is 0 Å². The minimum absolute atomic E-state index is 0.201. The van der Waals surface area contributed by atoms with E-state index in [0.29, 0.717) is 18.8 Å². The number of amides is 1. The highest BCUT2D eigenvalue weighted by Gasteiger charge is 2.31. The summed E-state index contributed by atoms with van der Waals surface area (Å²) in [6.07, 6.45) is 3.27. The van der Waals surface area contributed by atoms with E-state index in [1.807, 2.05) is 19.9 Å². The van der Waals surface area contributed by atoms with Gasteiger partial charge >= 0.3 is 0 Å². The fourth-order valence-corrected chi connectivity index (χ4v) is 4.85. The van der Waals surface area contributed by atoms with E-state index in [4.69, 9.17) is 4.52 Å². The maximum absolute atomic E-state index is 12.9. The quantitative estimate of drug-likeness (QED) is 0.636. The van der Waals surface area contributed by atoms with Gasteiger partial charge in [-0.3, -0.25) is 9.78 Å². The molecule has 0 bridgehead atoms. The van der Waals surface area contributed by atoms with Crippen LogP contribution in [0.4, 0.5) is 0 Å². The van der Waals surface area contributed by atoms with Gasteiger partial charge in [0.05, 0.1) is 4.90 Å². The molecule has 0 N–H and O–H groups in total. The lowest BCUT2D eigenvalue weighted by Crippen LogP contribution is -2.50. The average molecular weight is 426 g/mol. The normalized spacial score (nSPS) is 15.3. The smallest absolute Gasteiger partial charge is 0.276 e. The molecule has 30 heavy (non-hydrogen) atoms. The molecule has 0 saturated carbocycles. The van der Waals surface area contributed by atoms with Crippen LogP contribution in [-0.4, -0.2) is 59.8 Å². The number of aromatic nitrogens is 2. The van der Waals surface area contributed by atoms with Crippen LogP contribution in [0.25, 0.3) is 11.3 Å². The van der Waals surface area contributed by atoms with Crippen LogP contribution in [0.2, 0.25) is 0 Å². The molecule has 1 aliphatic heterocycles. The van der Waals surface area contributed by atoms with Crippen molar-refractivity contribution in [3.05, 3.63) is 65.6 Å². The molecule has 0 aliphatic carbocycles. The number of hydrogen-bond acceptors (Lipinski definition) is 6. The van der Waals surface area contributed by atoms with Gasteiger partial charge < -0.3 is 9.42 Å². The Hall–Kier alpha value is -3.04. The first-order chi connectivity index (χ1) is 14.4. The van der Waals surface area contributed by atoms with Gasteiger partial charge in [-0.05, 0) is 49.2 Å². The number of rotatable bonds is 4. The highest BCUT2D eigenvalue weighted by atomic mass is 32.2. The van der Waals surface area contributed by atoms with Crippen molar-refractivity contribution >= 4 is 15.9 Å². The molecule has 0 spiro atoms. The van der Waals surface area contributed by atoms with Crippen LogP contribution in [0.1, 0.15) is 21.6 Å². The van der Waals surface area contributed by atoms with Crippen LogP contribution in [0.3, 0.4) is 0 Å². The molecule has 9 heteroatoms. The van der Waals surface area contributed by atoms with E-state index in [2.05, 4.69) is 10.1 Å². The minimum Gasteiger partial charge on any atom is -0.355 e. The summed E-state index contributed by atoms with van der Waals surface area (Å²) in [6, 6.07) is 10.3. The average Bonchev–Trinajstić information content (AvgIpc) is 3.26. The molecule has 4 rings (SSSR count). The Balaban J connectivity index is 1.43. The summed E-state index contributed by atoms with van der Waals surface area (Å²) >= 11 is 0. The molecular formula is C21H22N4O4S. The fourth-order valence-electron chi connectivity index (χ4n) is 3.35. The van der Waals surface area contributed by atoms with Crippen LogP contribution in [-0.2, 0) is 10.0 Å². The Kier molecular flexibility index (Phi) is 5.40. The molecule has 1 amide bonds. The van der Waals surface area contributed by atoms with Crippen LogP contribution in [0, 0.1) is 13.8 Å². The van der Waals surface area contributed by atoms with Gasteiger partial charge in [0.15, 0.2) is 11.5 Å². The predicted octanol–water partition coefficient (Wildman–Crippen LogP) is 2.50. The van der Waals surface area contributed by atoms with E-state index < -0.39 is 10.0 Å². The van der Waals surface area contributed by atoms with Crippen molar-refractivity contribution in [2.45, 2.75) is 18.7 Å². The van der Waals surface area contributed by atoms with Crippen molar-refractivity contribution in [1.29, 1.82) is 0 Å². The third kappa shape index (κ3) is 3.86. The van der Waals surface area contributed by atoms with Crippen LogP contribution in [0.15, 0.2) is 58.2 Å². The zero-order valence-electron chi connectivity index (χ0n) is 16.8. The Bertz CT molecular complexity index is 1170. The lowest BCUT2D eigenvalue weighted by Gasteiger charge is -2.33. The van der Waals surface area contributed by atoms with Gasteiger partial charge in [-0.25, -0.2) is 8.42 Å². The Morgan fingerprint density at radius 3 is 2.33 bits per heavy atom. The monoisotopic (exact) mass is 426 g/mol. The van der Waals surface area contributed by atoms with E-state index >= 15 is 0 Å². The van der Waals surface area contributed by atoms with Crippen LogP contribution >= 0.6 is 0 Å².